The van der Waals surface area contributed by atoms with Gasteiger partial charge in [0.2, 0.25) is 10.0 Å². The fourth-order valence-electron chi connectivity index (χ4n) is 2.84. The van der Waals surface area contributed by atoms with Crippen LogP contribution in [0.5, 0.6) is 0 Å². The second kappa shape index (κ2) is 5.43. The van der Waals surface area contributed by atoms with Crippen LogP contribution >= 0.6 is 0 Å². The maximum atomic E-state index is 12.8. The molecule has 20 heavy (non-hydrogen) atoms. The lowest BCUT2D eigenvalue weighted by Gasteiger charge is -2.37. The monoisotopic (exact) mass is 293 g/mol. The Hall–Kier alpha value is -1.58. The van der Waals surface area contributed by atoms with Gasteiger partial charge in [0.25, 0.3) is 0 Å². The third-order valence-corrected chi connectivity index (χ3v) is 5.98. The number of nitrogens with zero attached hydrogens (tertiary/aromatic N) is 2. The molecule has 1 aliphatic rings. The van der Waals surface area contributed by atoms with Crippen molar-refractivity contribution in [2.24, 2.45) is 0 Å². The summed E-state index contributed by atoms with van der Waals surface area (Å²) >= 11 is 0. The average Bonchev–Trinajstić information content (AvgIpc) is 2.37. The molecule has 1 aliphatic heterocycles. The molecule has 0 radical (unpaired) electrons. The van der Waals surface area contributed by atoms with E-state index in [0.29, 0.717) is 5.69 Å². The highest BCUT2D eigenvalue weighted by atomic mass is 32.2. The summed E-state index contributed by atoms with van der Waals surface area (Å²) in [4.78, 5) is 0.0507. The van der Waals surface area contributed by atoms with Crippen molar-refractivity contribution in [3.05, 3.63) is 23.8 Å². The van der Waals surface area contributed by atoms with Crippen LogP contribution in [0.2, 0.25) is 0 Å². The van der Waals surface area contributed by atoms with Crippen LogP contribution in [0.25, 0.3) is 0 Å². The van der Waals surface area contributed by atoms with Crippen molar-refractivity contribution in [3.8, 4) is 6.07 Å². The minimum atomic E-state index is -3.66. The van der Waals surface area contributed by atoms with E-state index < -0.39 is 10.0 Å². The first-order valence-corrected chi connectivity index (χ1v) is 8.15. The van der Waals surface area contributed by atoms with Gasteiger partial charge in [-0.3, -0.25) is 0 Å². The molecule has 2 rings (SSSR count). The Balaban J connectivity index is 2.53. The molecule has 1 heterocycles. The SMILES string of the molecule is CC1CCCC(C)N1S(=O)(=O)c1ccc(N)cc1C#N. The van der Waals surface area contributed by atoms with Crippen molar-refractivity contribution >= 4 is 15.7 Å². The topological polar surface area (TPSA) is 87.2 Å². The fourth-order valence-corrected chi connectivity index (χ4v) is 4.85. The smallest absolute Gasteiger partial charge is 0.244 e. The maximum absolute atomic E-state index is 12.8. The molecule has 2 atom stereocenters. The van der Waals surface area contributed by atoms with Crippen molar-refractivity contribution in [1.29, 1.82) is 5.26 Å². The highest BCUT2D eigenvalue weighted by Crippen LogP contribution is 2.31. The molecule has 2 unspecified atom stereocenters. The number of nitriles is 1. The van der Waals surface area contributed by atoms with Gasteiger partial charge in [-0.15, -0.1) is 0 Å². The van der Waals surface area contributed by atoms with Crippen LogP contribution in [0.3, 0.4) is 0 Å². The molecule has 0 bridgehead atoms. The van der Waals surface area contributed by atoms with E-state index in [2.05, 4.69) is 0 Å². The Morgan fingerprint density at radius 2 is 1.90 bits per heavy atom. The van der Waals surface area contributed by atoms with E-state index in [1.807, 2.05) is 19.9 Å². The molecular formula is C14H19N3O2S. The summed E-state index contributed by atoms with van der Waals surface area (Å²) in [6.07, 6.45) is 2.72. The molecule has 2 N–H and O–H groups in total. The van der Waals surface area contributed by atoms with Crippen LogP contribution in [-0.2, 0) is 10.0 Å². The fraction of sp³-hybridized carbons (Fsp3) is 0.500. The second-order valence-corrected chi connectivity index (χ2v) is 7.14. The molecule has 0 aromatic heterocycles. The Bertz CT molecular complexity index is 639. The molecule has 0 amide bonds. The van der Waals surface area contributed by atoms with Gasteiger partial charge in [0.05, 0.1) is 5.56 Å². The van der Waals surface area contributed by atoms with Crippen molar-refractivity contribution in [2.75, 3.05) is 5.73 Å². The van der Waals surface area contributed by atoms with Gasteiger partial charge in [-0.1, -0.05) is 6.42 Å². The van der Waals surface area contributed by atoms with E-state index in [1.54, 1.807) is 0 Å². The molecule has 5 nitrogen and oxygen atoms in total. The normalized spacial score (nSPS) is 24.2. The lowest BCUT2D eigenvalue weighted by Crippen LogP contribution is -2.47. The molecule has 108 valence electrons. The largest absolute Gasteiger partial charge is 0.399 e. The third-order valence-electron chi connectivity index (χ3n) is 3.79. The van der Waals surface area contributed by atoms with Gasteiger partial charge < -0.3 is 5.73 Å². The molecule has 1 fully saturated rings. The quantitative estimate of drug-likeness (QED) is 0.846. The first-order valence-electron chi connectivity index (χ1n) is 6.71. The lowest BCUT2D eigenvalue weighted by atomic mass is 10.0. The van der Waals surface area contributed by atoms with Crippen LogP contribution in [-0.4, -0.2) is 24.8 Å². The number of rotatable bonds is 2. The van der Waals surface area contributed by atoms with Crippen LogP contribution in [0.4, 0.5) is 5.69 Å². The average molecular weight is 293 g/mol. The van der Waals surface area contributed by atoms with Gasteiger partial charge in [0.1, 0.15) is 11.0 Å². The van der Waals surface area contributed by atoms with Gasteiger partial charge in [-0.05, 0) is 44.9 Å². The standard InChI is InChI=1S/C14H19N3O2S/c1-10-4-3-5-11(2)17(10)20(18,19)14-7-6-13(16)8-12(14)9-15/h6-8,10-11H,3-5,16H2,1-2H3. The van der Waals surface area contributed by atoms with Crippen molar-refractivity contribution in [3.63, 3.8) is 0 Å². The van der Waals surface area contributed by atoms with Crippen molar-refractivity contribution in [2.45, 2.75) is 50.1 Å². The number of nitrogens with two attached hydrogens (primary N) is 1. The second-order valence-electron chi connectivity index (χ2n) is 5.33. The molecule has 1 aromatic carbocycles. The van der Waals surface area contributed by atoms with E-state index >= 15 is 0 Å². The molecule has 6 heteroatoms. The summed E-state index contributed by atoms with van der Waals surface area (Å²) < 4.78 is 27.2. The summed E-state index contributed by atoms with van der Waals surface area (Å²) in [7, 11) is -3.66. The summed E-state index contributed by atoms with van der Waals surface area (Å²) in [6, 6.07) is 6.19. The van der Waals surface area contributed by atoms with E-state index in [-0.39, 0.29) is 22.5 Å². The van der Waals surface area contributed by atoms with Gasteiger partial charge in [-0.25, -0.2) is 8.42 Å². The Morgan fingerprint density at radius 1 is 1.30 bits per heavy atom. The first-order chi connectivity index (χ1) is 9.37. The summed E-state index contributed by atoms with van der Waals surface area (Å²) in [6.45, 7) is 3.83. The number of nitrogen functional groups attached to an aromatic ring is 1. The Morgan fingerprint density at radius 3 is 2.45 bits per heavy atom. The zero-order valence-corrected chi connectivity index (χ0v) is 12.5. The number of hydrogen-bond acceptors (Lipinski definition) is 4. The van der Waals surface area contributed by atoms with E-state index in [4.69, 9.17) is 11.0 Å². The number of piperidine rings is 1. The minimum absolute atomic E-state index is 0.0483. The predicted octanol–water partition coefficient (Wildman–Crippen LogP) is 2.09. The van der Waals surface area contributed by atoms with Gasteiger partial charge >= 0.3 is 0 Å². The zero-order chi connectivity index (χ0) is 14.9. The molecular weight excluding hydrogens is 274 g/mol. The number of hydrogen-bond donors (Lipinski definition) is 1. The van der Waals surface area contributed by atoms with Crippen LogP contribution in [0.15, 0.2) is 23.1 Å². The van der Waals surface area contributed by atoms with Crippen molar-refractivity contribution < 1.29 is 8.42 Å². The lowest BCUT2D eigenvalue weighted by molar-refractivity contribution is 0.204. The third kappa shape index (κ3) is 2.51. The number of anilines is 1. The minimum Gasteiger partial charge on any atom is -0.399 e. The van der Waals surface area contributed by atoms with Gasteiger partial charge in [0, 0.05) is 17.8 Å². The van der Waals surface area contributed by atoms with Crippen LogP contribution in [0.1, 0.15) is 38.7 Å². The predicted molar refractivity (Wildman–Crippen MR) is 77.4 cm³/mol. The molecule has 0 saturated carbocycles. The zero-order valence-electron chi connectivity index (χ0n) is 11.7. The summed E-state index contributed by atoms with van der Waals surface area (Å²) in [5, 5.41) is 9.15. The molecule has 1 saturated heterocycles. The highest BCUT2D eigenvalue weighted by molar-refractivity contribution is 7.89. The first kappa shape index (κ1) is 14.8. The van der Waals surface area contributed by atoms with Crippen molar-refractivity contribution in [1.82, 2.24) is 4.31 Å². The Kier molecular flexibility index (Phi) is 4.02. The van der Waals surface area contributed by atoms with Crippen LogP contribution < -0.4 is 5.73 Å². The number of sulfonamides is 1. The molecule has 0 aliphatic carbocycles. The molecule has 0 spiro atoms. The number of benzene rings is 1. The van der Waals surface area contributed by atoms with Crippen LogP contribution in [0, 0.1) is 11.3 Å². The van der Waals surface area contributed by atoms with E-state index in [9.17, 15) is 8.42 Å². The van der Waals surface area contributed by atoms with Gasteiger partial charge in [0.15, 0.2) is 0 Å². The molecule has 1 aromatic rings. The maximum Gasteiger partial charge on any atom is 0.244 e. The highest BCUT2D eigenvalue weighted by Gasteiger charge is 2.36. The summed E-state index contributed by atoms with van der Waals surface area (Å²) in [5.41, 5.74) is 6.12. The Labute approximate surface area is 120 Å². The summed E-state index contributed by atoms with van der Waals surface area (Å²) in [5.74, 6) is 0. The van der Waals surface area contributed by atoms with Gasteiger partial charge in [-0.2, -0.15) is 9.57 Å². The van der Waals surface area contributed by atoms with E-state index in [0.717, 1.165) is 19.3 Å². The van der Waals surface area contributed by atoms with E-state index in [1.165, 1.54) is 22.5 Å².